The third-order valence-electron chi connectivity index (χ3n) is 7.23. The number of nitrogens with zero attached hydrogens (tertiary/aromatic N) is 3. The topological polar surface area (TPSA) is 98.0 Å². The van der Waals surface area contributed by atoms with Gasteiger partial charge in [-0.2, -0.15) is 9.30 Å². The molecule has 0 bridgehead atoms. The monoisotopic (exact) mass is 565 g/mol. The number of thiazole rings is 1. The lowest BCUT2D eigenvalue weighted by Gasteiger charge is -2.30. The molecule has 0 atom stereocenters. The zero-order valence-corrected chi connectivity index (χ0v) is 23.6. The standard InChI is InChI=1S/C29H31N3O5S2/c1-3-37-26(33)19-32-25-18-15-20-9-7-8-12-24(20)27(25)38-29(32)30-28(34)21-13-16-23(17-14-21)39(35,36)31(2)22-10-5-4-6-11-22/h7-9,12-18,22H,3-6,10-11,19H2,1-2H3. The van der Waals surface area contributed by atoms with E-state index in [0.29, 0.717) is 4.80 Å². The van der Waals surface area contributed by atoms with E-state index in [0.717, 1.165) is 53.1 Å². The molecule has 39 heavy (non-hydrogen) atoms. The zero-order valence-electron chi connectivity index (χ0n) is 22.0. The summed E-state index contributed by atoms with van der Waals surface area (Å²) in [5.74, 6) is -0.941. The molecule has 204 valence electrons. The fourth-order valence-electron chi connectivity index (χ4n) is 5.10. The first-order valence-corrected chi connectivity index (χ1v) is 15.4. The minimum Gasteiger partial charge on any atom is -0.465 e. The molecule has 10 heteroatoms. The van der Waals surface area contributed by atoms with Crippen molar-refractivity contribution >= 4 is 54.2 Å². The predicted octanol–water partition coefficient (Wildman–Crippen LogP) is 5.11. The molecule has 1 heterocycles. The first-order chi connectivity index (χ1) is 18.8. The quantitative estimate of drug-likeness (QED) is 0.290. The molecule has 1 amide bonds. The highest BCUT2D eigenvalue weighted by atomic mass is 32.2. The number of hydrogen-bond donors (Lipinski definition) is 0. The molecule has 0 spiro atoms. The number of amides is 1. The molecule has 0 saturated heterocycles. The van der Waals surface area contributed by atoms with Crippen LogP contribution in [0.15, 0.2) is 70.6 Å². The van der Waals surface area contributed by atoms with Crippen LogP contribution in [0.5, 0.6) is 0 Å². The lowest BCUT2D eigenvalue weighted by molar-refractivity contribution is -0.143. The molecule has 0 radical (unpaired) electrons. The molecule has 4 aromatic rings. The van der Waals surface area contributed by atoms with Gasteiger partial charge in [-0.25, -0.2) is 8.42 Å². The summed E-state index contributed by atoms with van der Waals surface area (Å²) >= 11 is 1.33. The van der Waals surface area contributed by atoms with Crippen LogP contribution in [0, 0.1) is 0 Å². The molecule has 0 unspecified atom stereocenters. The molecule has 0 aliphatic heterocycles. The maximum atomic E-state index is 13.2. The summed E-state index contributed by atoms with van der Waals surface area (Å²) < 4.78 is 35.6. The first-order valence-electron chi connectivity index (χ1n) is 13.1. The van der Waals surface area contributed by atoms with Crippen molar-refractivity contribution in [3.8, 4) is 0 Å². The number of benzene rings is 3. The Labute approximate surface area is 231 Å². The number of rotatable bonds is 7. The molecular weight excluding hydrogens is 534 g/mol. The highest BCUT2D eigenvalue weighted by Gasteiger charge is 2.29. The highest BCUT2D eigenvalue weighted by Crippen LogP contribution is 2.28. The van der Waals surface area contributed by atoms with Crippen molar-refractivity contribution in [2.24, 2.45) is 4.99 Å². The third-order valence-corrected chi connectivity index (χ3v) is 10.3. The molecule has 0 N–H and O–H groups in total. The molecular formula is C29H31N3O5S2. The summed E-state index contributed by atoms with van der Waals surface area (Å²) in [5, 5.41) is 2.05. The summed E-state index contributed by atoms with van der Waals surface area (Å²) in [6.07, 6.45) is 4.93. The van der Waals surface area contributed by atoms with Gasteiger partial charge in [0.25, 0.3) is 5.91 Å². The number of ether oxygens (including phenoxy) is 1. The van der Waals surface area contributed by atoms with Gasteiger partial charge in [0.05, 0.1) is 21.7 Å². The lowest BCUT2D eigenvalue weighted by Crippen LogP contribution is -2.38. The Hall–Kier alpha value is -3.34. The van der Waals surface area contributed by atoms with Crippen LogP contribution in [0.25, 0.3) is 21.0 Å². The smallest absolute Gasteiger partial charge is 0.326 e. The van der Waals surface area contributed by atoms with Gasteiger partial charge in [0, 0.05) is 24.0 Å². The fourth-order valence-corrected chi connectivity index (χ4v) is 7.68. The molecule has 1 saturated carbocycles. The van der Waals surface area contributed by atoms with Gasteiger partial charge in [-0.15, -0.1) is 0 Å². The van der Waals surface area contributed by atoms with Gasteiger partial charge >= 0.3 is 5.97 Å². The van der Waals surface area contributed by atoms with Crippen LogP contribution in [0.3, 0.4) is 0 Å². The second-order valence-corrected chi connectivity index (χ2v) is 12.6. The summed E-state index contributed by atoms with van der Waals surface area (Å²) in [4.78, 5) is 30.5. The summed E-state index contributed by atoms with van der Waals surface area (Å²) in [5.41, 5.74) is 1.05. The normalized spacial score (nSPS) is 15.3. The molecule has 1 aliphatic rings. The second-order valence-electron chi connectivity index (χ2n) is 9.67. The molecule has 1 fully saturated rings. The third kappa shape index (κ3) is 5.54. The van der Waals surface area contributed by atoms with Gasteiger partial charge in [0.2, 0.25) is 10.0 Å². The van der Waals surface area contributed by atoms with Crippen molar-refractivity contribution in [2.75, 3.05) is 13.7 Å². The largest absolute Gasteiger partial charge is 0.465 e. The van der Waals surface area contributed by atoms with Crippen molar-refractivity contribution < 1.29 is 22.7 Å². The van der Waals surface area contributed by atoms with E-state index in [4.69, 9.17) is 4.74 Å². The van der Waals surface area contributed by atoms with Crippen LogP contribution < -0.4 is 4.80 Å². The predicted molar refractivity (Wildman–Crippen MR) is 152 cm³/mol. The number of aromatic nitrogens is 1. The number of fused-ring (bicyclic) bond motifs is 3. The molecule has 8 nitrogen and oxygen atoms in total. The van der Waals surface area contributed by atoms with Crippen LogP contribution in [0.2, 0.25) is 0 Å². The highest BCUT2D eigenvalue weighted by molar-refractivity contribution is 7.89. The van der Waals surface area contributed by atoms with E-state index in [2.05, 4.69) is 4.99 Å². The van der Waals surface area contributed by atoms with Gasteiger partial charge in [0.15, 0.2) is 4.80 Å². The Kier molecular flexibility index (Phi) is 7.97. The van der Waals surface area contributed by atoms with Crippen LogP contribution in [-0.4, -0.2) is 48.9 Å². The Balaban J connectivity index is 1.49. The summed E-state index contributed by atoms with van der Waals surface area (Å²) in [6.45, 7) is 1.91. The Morgan fingerprint density at radius 1 is 1.03 bits per heavy atom. The van der Waals surface area contributed by atoms with Crippen molar-refractivity contribution in [3.05, 3.63) is 71.0 Å². The maximum absolute atomic E-state index is 13.2. The van der Waals surface area contributed by atoms with E-state index >= 15 is 0 Å². The summed E-state index contributed by atoms with van der Waals surface area (Å²) in [7, 11) is -2.03. The average Bonchev–Trinajstić information content (AvgIpc) is 3.30. The number of carbonyl (C=O) groups is 2. The second kappa shape index (κ2) is 11.4. The Morgan fingerprint density at radius 2 is 1.74 bits per heavy atom. The maximum Gasteiger partial charge on any atom is 0.326 e. The summed E-state index contributed by atoms with van der Waals surface area (Å²) in [6, 6.07) is 17.7. The SMILES string of the molecule is CCOC(=O)Cn1c(=NC(=O)c2ccc(S(=O)(=O)N(C)C3CCCCC3)cc2)sc2c3ccccc3ccc21. The van der Waals surface area contributed by atoms with Gasteiger partial charge in [-0.05, 0) is 55.5 Å². The van der Waals surface area contributed by atoms with Gasteiger partial charge in [0.1, 0.15) is 6.54 Å². The Bertz CT molecular complexity index is 1700. The van der Waals surface area contributed by atoms with Crippen LogP contribution in [0.1, 0.15) is 49.4 Å². The molecule has 5 rings (SSSR count). The van der Waals surface area contributed by atoms with Gasteiger partial charge < -0.3 is 9.30 Å². The number of sulfonamides is 1. The van der Waals surface area contributed by atoms with E-state index in [9.17, 15) is 18.0 Å². The van der Waals surface area contributed by atoms with E-state index in [1.165, 1.54) is 39.9 Å². The van der Waals surface area contributed by atoms with Crippen LogP contribution in [-0.2, 0) is 26.1 Å². The fraction of sp³-hybridized carbons (Fsp3) is 0.345. The average molecular weight is 566 g/mol. The zero-order chi connectivity index (χ0) is 27.6. The minimum absolute atomic E-state index is 0.000977. The van der Waals surface area contributed by atoms with Crippen molar-refractivity contribution in [2.45, 2.75) is 56.5 Å². The van der Waals surface area contributed by atoms with E-state index in [-0.39, 0.29) is 29.7 Å². The Morgan fingerprint density at radius 3 is 2.46 bits per heavy atom. The number of carbonyl (C=O) groups excluding carboxylic acids is 2. The van der Waals surface area contributed by atoms with Crippen LogP contribution >= 0.6 is 11.3 Å². The molecule has 1 aliphatic carbocycles. The van der Waals surface area contributed by atoms with Gasteiger partial charge in [-0.3, -0.25) is 9.59 Å². The van der Waals surface area contributed by atoms with Gasteiger partial charge in [-0.1, -0.05) is 60.9 Å². The minimum atomic E-state index is -3.67. The van der Waals surface area contributed by atoms with Crippen molar-refractivity contribution in [3.63, 3.8) is 0 Å². The lowest BCUT2D eigenvalue weighted by atomic mass is 9.96. The van der Waals surface area contributed by atoms with Crippen molar-refractivity contribution in [1.82, 2.24) is 8.87 Å². The number of hydrogen-bond acceptors (Lipinski definition) is 6. The molecule has 1 aromatic heterocycles. The van der Waals surface area contributed by atoms with E-state index < -0.39 is 21.9 Å². The first kappa shape index (κ1) is 27.2. The molecule has 3 aromatic carbocycles. The number of esters is 1. The van der Waals surface area contributed by atoms with Crippen LogP contribution in [0.4, 0.5) is 0 Å². The van der Waals surface area contributed by atoms with E-state index in [1.807, 2.05) is 36.4 Å². The van der Waals surface area contributed by atoms with Crippen molar-refractivity contribution in [1.29, 1.82) is 0 Å². The van der Waals surface area contributed by atoms with E-state index in [1.54, 1.807) is 18.5 Å².